The molecular formula is C18H19N3O2. The van der Waals surface area contributed by atoms with E-state index in [4.69, 9.17) is 9.84 Å². The number of aliphatic imine (C=N–C) groups is 1. The van der Waals surface area contributed by atoms with Crippen LogP contribution in [0.5, 0.6) is 5.75 Å². The van der Waals surface area contributed by atoms with Crippen molar-refractivity contribution in [3.8, 4) is 5.75 Å². The molecule has 0 saturated heterocycles. The van der Waals surface area contributed by atoms with Gasteiger partial charge >= 0.3 is 0 Å². The molecule has 1 atom stereocenters. The minimum absolute atomic E-state index is 0.354. The lowest BCUT2D eigenvalue weighted by Crippen LogP contribution is -1.95. The molecule has 2 rings (SSSR count). The van der Waals surface area contributed by atoms with Crippen LogP contribution >= 0.6 is 0 Å². The molecule has 0 spiro atoms. The molecule has 0 aliphatic heterocycles. The zero-order valence-corrected chi connectivity index (χ0v) is 12.9. The van der Waals surface area contributed by atoms with Crippen molar-refractivity contribution < 1.29 is 9.84 Å². The number of aliphatic hydroxyl groups excluding tert-OH is 1. The Balaban J connectivity index is 2.00. The molecular weight excluding hydrogens is 290 g/mol. The first kappa shape index (κ1) is 16.5. The van der Waals surface area contributed by atoms with Gasteiger partial charge in [-0.2, -0.15) is 0 Å². The predicted octanol–water partition coefficient (Wildman–Crippen LogP) is 3.68. The molecule has 118 valence electrons. The fraction of sp³-hybridized carbons (Fsp3) is 0.111. The number of ether oxygens (including phenoxy) is 1. The van der Waals surface area contributed by atoms with Gasteiger partial charge in [0.25, 0.3) is 0 Å². The van der Waals surface area contributed by atoms with Crippen LogP contribution in [0.25, 0.3) is 0 Å². The van der Waals surface area contributed by atoms with Gasteiger partial charge in [0.15, 0.2) is 0 Å². The van der Waals surface area contributed by atoms with E-state index in [0.717, 1.165) is 11.5 Å². The number of hydrogen-bond acceptors (Lipinski definition) is 5. The molecule has 0 amide bonds. The number of allylic oxidation sites excluding steroid dienone is 2. The van der Waals surface area contributed by atoms with Crippen molar-refractivity contribution in [3.63, 3.8) is 0 Å². The molecule has 0 saturated carbocycles. The molecule has 2 aromatic rings. The first-order chi connectivity index (χ1) is 11.2. The Bertz CT molecular complexity index is 677. The van der Waals surface area contributed by atoms with E-state index in [2.05, 4.69) is 22.0 Å². The summed E-state index contributed by atoms with van der Waals surface area (Å²) in [6.45, 7) is 5.13. The fourth-order valence-electron chi connectivity index (χ4n) is 1.73. The highest BCUT2D eigenvalue weighted by Gasteiger charge is 1.99. The second-order valence-corrected chi connectivity index (χ2v) is 4.75. The molecule has 0 aliphatic rings. The van der Waals surface area contributed by atoms with Crippen LogP contribution in [-0.4, -0.2) is 22.9 Å². The largest absolute Gasteiger partial charge is 0.439 e. The standard InChI is InChI=1S/C18H19N3O2/c1-14(22)6-5-8-18(19-2)23-16-11-9-15(10-12-16)21-17-7-3-4-13-20-17/h3-14,22H,2H2,1H3,(H,20,21)/b6-5+,18-8-. The smallest absolute Gasteiger partial charge is 0.218 e. The van der Waals surface area contributed by atoms with Crippen LogP contribution in [0.1, 0.15) is 6.92 Å². The van der Waals surface area contributed by atoms with Gasteiger partial charge in [-0.1, -0.05) is 18.2 Å². The van der Waals surface area contributed by atoms with Gasteiger partial charge in [-0.3, -0.25) is 0 Å². The van der Waals surface area contributed by atoms with Gasteiger partial charge in [-0.15, -0.1) is 0 Å². The van der Waals surface area contributed by atoms with Gasteiger partial charge in [-0.25, -0.2) is 9.98 Å². The van der Waals surface area contributed by atoms with Gasteiger partial charge in [-0.05, 0) is 50.0 Å². The normalized spacial score (nSPS) is 12.9. The number of aliphatic hydroxyl groups is 1. The third-order valence-electron chi connectivity index (χ3n) is 2.80. The van der Waals surface area contributed by atoms with E-state index in [-0.39, 0.29) is 0 Å². The maximum Gasteiger partial charge on any atom is 0.218 e. The minimum Gasteiger partial charge on any atom is -0.439 e. The summed E-state index contributed by atoms with van der Waals surface area (Å²) in [5, 5.41) is 12.4. The van der Waals surface area contributed by atoms with E-state index in [1.165, 1.54) is 0 Å². The van der Waals surface area contributed by atoms with E-state index >= 15 is 0 Å². The number of nitrogens with one attached hydrogen (secondary N) is 1. The highest BCUT2D eigenvalue weighted by molar-refractivity contribution is 5.56. The summed E-state index contributed by atoms with van der Waals surface area (Å²) in [5.41, 5.74) is 0.905. The lowest BCUT2D eigenvalue weighted by Gasteiger charge is -2.08. The highest BCUT2D eigenvalue weighted by atomic mass is 16.5. The first-order valence-corrected chi connectivity index (χ1v) is 7.16. The lowest BCUT2D eigenvalue weighted by atomic mass is 10.3. The Labute approximate surface area is 135 Å². The number of hydrogen-bond donors (Lipinski definition) is 2. The molecule has 0 aliphatic carbocycles. The average Bonchev–Trinajstić information content (AvgIpc) is 2.56. The molecule has 23 heavy (non-hydrogen) atoms. The summed E-state index contributed by atoms with van der Waals surface area (Å²) in [6, 6.07) is 13.1. The number of anilines is 2. The third-order valence-corrected chi connectivity index (χ3v) is 2.80. The third kappa shape index (κ3) is 5.76. The summed E-state index contributed by atoms with van der Waals surface area (Å²) in [6.07, 6.45) is 6.14. The lowest BCUT2D eigenvalue weighted by molar-refractivity contribution is 0.244. The number of benzene rings is 1. The Morgan fingerprint density at radius 1 is 1.30 bits per heavy atom. The molecule has 1 unspecified atom stereocenters. The van der Waals surface area contributed by atoms with Gasteiger partial charge in [0.2, 0.25) is 5.88 Å². The number of nitrogens with zero attached hydrogens (tertiary/aromatic N) is 2. The Kier molecular flexibility index (Phi) is 6.08. The highest BCUT2D eigenvalue weighted by Crippen LogP contribution is 2.20. The molecule has 2 N–H and O–H groups in total. The molecule has 0 fully saturated rings. The van der Waals surface area contributed by atoms with Crippen molar-refractivity contribution in [1.29, 1.82) is 0 Å². The van der Waals surface area contributed by atoms with E-state index in [9.17, 15) is 0 Å². The molecule has 1 aromatic heterocycles. The van der Waals surface area contributed by atoms with Crippen LogP contribution in [0.15, 0.2) is 77.8 Å². The maximum atomic E-state index is 9.16. The topological polar surface area (TPSA) is 66.7 Å². The zero-order chi connectivity index (χ0) is 16.5. The van der Waals surface area contributed by atoms with Crippen molar-refractivity contribution in [2.24, 2.45) is 4.99 Å². The number of aromatic nitrogens is 1. The van der Waals surface area contributed by atoms with Gasteiger partial charge in [0, 0.05) is 18.0 Å². The van der Waals surface area contributed by atoms with Gasteiger partial charge in [0.05, 0.1) is 6.10 Å². The van der Waals surface area contributed by atoms with Crippen LogP contribution < -0.4 is 10.1 Å². The summed E-state index contributed by atoms with van der Waals surface area (Å²) >= 11 is 0. The van der Waals surface area contributed by atoms with Crippen molar-refractivity contribution in [1.82, 2.24) is 4.98 Å². The molecule has 1 aromatic carbocycles. The van der Waals surface area contributed by atoms with Crippen LogP contribution in [0.3, 0.4) is 0 Å². The van der Waals surface area contributed by atoms with Crippen LogP contribution in [0.4, 0.5) is 11.5 Å². The van der Waals surface area contributed by atoms with E-state index in [0.29, 0.717) is 11.6 Å². The Morgan fingerprint density at radius 2 is 2.09 bits per heavy atom. The average molecular weight is 309 g/mol. The van der Waals surface area contributed by atoms with Crippen molar-refractivity contribution in [2.75, 3.05) is 5.32 Å². The first-order valence-electron chi connectivity index (χ1n) is 7.16. The molecule has 5 heteroatoms. The Morgan fingerprint density at radius 3 is 2.70 bits per heavy atom. The second-order valence-electron chi connectivity index (χ2n) is 4.75. The summed E-state index contributed by atoms with van der Waals surface area (Å²) in [4.78, 5) is 8.00. The van der Waals surface area contributed by atoms with Crippen molar-refractivity contribution >= 4 is 18.2 Å². The fourth-order valence-corrected chi connectivity index (χ4v) is 1.73. The van der Waals surface area contributed by atoms with Crippen molar-refractivity contribution in [2.45, 2.75) is 13.0 Å². The quantitative estimate of drug-likeness (QED) is 0.465. The molecule has 1 heterocycles. The minimum atomic E-state index is -0.519. The SMILES string of the molecule is C=N/C(=C/C=C/C(C)O)Oc1ccc(Nc2ccccn2)cc1. The van der Waals surface area contributed by atoms with Crippen LogP contribution in [0, 0.1) is 0 Å². The summed E-state index contributed by atoms with van der Waals surface area (Å²) in [7, 11) is 0. The summed E-state index contributed by atoms with van der Waals surface area (Å²) in [5.74, 6) is 1.77. The van der Waals surface area contributed by atoms with Gasteiger partial charge < -0.3 is 15.2 Å². The number of rotatable bonds is 7. The van der Waals surface area contributed by atoms with Crippen LogP contribution in [0.2, 0.25) is 0 Å². The Hall–Kier alpha value is -2.92. The maximum absolute atomic E-state index is 9.16. The van der Waals surface area contributed by atoms with Crippen LogP contribution in [-0.2, 0) is 0 Å². The van der Waals surface area contributed by atoms with E-state index < -0.39 is 6.10 Å². The van der Waals surface area contributed by atoms with E-state index in [1.54, 1.807) is 31.3 Å². The monoisotopic (exact) mass is 309 g/mol. The molecule has 5 nitrogen and oxygen atoms in total. The summed E-state index contributed by atoms with van der Waals surface area (Å²) < 4.78 is 5.61. The second kappa shape index (κ2) is 8.51. The predicted molar refractivity (Wildman–Crippen MR) is 93.0 cm³/mol. The van der Waals surface area contributed by atoms with Crippen molar-refractivity contribution in [3.05, 3.63) is 72.8 Å². The molecule has 0 bridgehead atoms. The van der Waals surface area contributed by atoms with Gasteiger partial charge in [0.1, 0.15) is 11.6 Å². The van der Waals surface area contributed by atoms with E-state index in [1.807, 2.05) is 42.5 Å². The zero-order valence-electron chi connectivity index (χ0n) is 12.9. The molecule has 0 radical (unpaired) electrons. The number of pyridine rings is 1.